The molecule has 6 heteroatoms. The molecular weight excluding hydrogens is 388 g/mol. The van der Waals surface area contributed by atoms with Crippen LogP contribution >= 0.6 is 0 Å². The number of hydrogen-bond donors (Lipinski definition) is 1. The van der Waals surface area contributed by atoms with E-state index in [1.807, 2.05) is 37.5 Å². The smallest absolute Gasteiger partial charge is 0.263 e. The molecule has 1 aliphatic rings. The Bertz CT molecular complexity index is 1130. The predicted octanol–water partition coefficient (Wildman–Crippen LogP) is 4.34. The lowest BCUT2D eigenvalue weighted by Crippen LogP contribution is -2.39. The van der Waals surface area contributed by atoms with E-state index in [1.165, 1.54) is 35.7 Å². The Hall–Kier alpha value is -2.89. The molecule has 0 radical (unpaired) electrons. The zero-order chi connectivity index (χ0) is 22.0. The molecule has 1 saturated carbocycles. The molecule has 1 aromatic carbocycles. The van der Waals surface area contributed by atoms with Crippen LogP contribution in [0.15, 0.2) is 35.4 Å². The molecule has 31 heavy (non-hydrogen) atoms. The van der Waals surface area contributed by atoms with Gasteiger partial charge in [-0.05, 0) is 51.3 Å². The number of rotatable bonds is 4. The van der Waals surface area contributed by atoms with Gasteiger partial charge in [0, 0.05) is 17.4 Å². The third kappa shape index (κ3) is 4.43. The second-order valence-corrected chi connectivity index (χ2v) is 8.87. The van der Waals surface area contributed by atoms with E-state index in [1.54, 1.807) is 0 Å². The van der Waals surface area contributed by atoms with Gasteiger partial charge in [-0.1, -0.05) is 49.8 Å². The summed E-state index contributed by atoms with van der Waals surface area (Å²) < 4.78 is 3.46. The lowest BCUT2D eigenvalue weighted by molar-refractivity contribution is -0.122. The van der Waals surface area contributed by atoms with Gasteiger partial charge >= 0.3 is 0 Å². The number of aryl methyl sites for hydroxylation is 2. The molecule has 0 saturated heterocycles. The third-order valence-corrected chi connectivity index (χ3v) is 6.56. The molecule has 3 aromatic rings. The van der Waals surface area contributed by atoms with Crippen molar-refractivity contribution in [1.29, 1.82) is 0 Å². The number of nitrogens with one attached hydrogen (secondary N) is 1. The summed E-state index contributed by atoms with van der Waals surface area (Å²) in [7, 11) is 0. The highest BCUT2D eigenvalue weighted by Crippen LogP contribution is 2.25. The predicted molar refractivity (Wildman–Crippen MR) is 124 cm³/mol. The second-order valence-electron chi connectivity index (χ2n) is 8.87. The maximum absolute atomic E-state index is 13.3. The van der Waals surface area contributed by atoms with Crippen LogP contribution in [-0.4, -0.2) is 26.1 Å². The van der Waals surface area contributed by atoms with Crippen molar-refractivity contribution in [3.8, 4) is 5.69 Å². The van der Waals surface area contributed by atoms with Gasteiger partial charge in [0.15, 0.2) is 5.65 Å². The first-order chi connectivity index (χ1) is 15.0. The first-order valence-corrected chi connectivity index (χ1v) is 11.4. The average Bonchev–Trinajstić information content (AvgIpc) is 2.98. The minimum absolute atomic E-state index is 0.00642. The standard InChI is InChI=1S/C25H32N4O2/c1-17-11-13-21(14-12-17)29-19(3)18(2)23-24(29)26-16-28(25(23)31)15-22(30)27-20-9-7-5-4-6-8-10-20/h11-14,16,20H,4-10,15H2,1-3H3,(H,27,30). The fourth-order valence-corrected chi connectivity index (χ4v) is 4.64. The molecule has 1 N–H and O–H groups in total. The zero-order valence-electron chi connectivity index (χ0n) is 18.8. The van der Waals surface area contributed by atoms with Crippen molar-refractivity contribution >= 4 is 16.9 Å². The molecule has 0 atom stereocenters. The summed E-state index contributed by atoms with van der Waals surface area (Å²) in [6.45, 7) is 6.01. The van der Waals surface area contributed by atoms with Crippen molar-refractivity contribution in [2.75, 3.05) is 0 Å². The average molecular weight is 421 g/mol. The molecule has 0 spiro atoms. The zero-order valence-corrected chi connectivity index (χ0v) is 18.8. The van der Waals surface area contributed by atoms with E-state index < -0.39 is 0 Å². The molecule has 2 heterocycles. The van der Waals surface area contributed by atoms with E-state index in [9.17, 15) is 9.59 Å². The SMILES string of the molecule is Cc1ccc(-n2c(C)c(C)c3c(=O)n(CC(=O)NC4CCCCCCC4)cnc32)cc1. The normalized spacial score (nSPS) is 15.6. The highest BCUT2D eigenvalue weighted by molar-refractivity contribution is 5.83. The van der Waals surface area contributed by atoms with Crippen LogP contribution in [0.3, 0.4) is 0 Å². The van der Waals surface area contributed by atoms with Crippen molar-refractivity contribution in [3.63, 3.8) is 0 Å². The van der Waals surface area contributed by atoms with Gasteiger partial charge < -0.3 is 5.32 Å². The molecule has 1 fully saturated rings. The summed E-state index contributed by atoms with van der Waals surface area (Å²) in [6, 6.07) is 8.40. The van der Waals surface area contributed by atoms with Gasteiger partial charge in [-0.3, -0.25) is 18.7 Å². The Morgan fingerprint density at radius 3 is 2.35 bits per heavy atom. The molecule has 0 aliphatic heterocycles. The Morgan fingerprint density at radius 2 is 1.68 bits per heavy atom. The molecule has 2 aromatic heterocycles. The number of carbonyl (C=O) groups is 1. The minimum Gasteiger partial charge on any atom is -0.352 e. The molecule has 0 unspecified atom stereocenters. The van der Waals surface area contributed by atoms with Gasteiger partial charge in [0.2, 0.25) is 5.91 Å². The molecule has 1 aliphatic carbocycles. The monoisotopic (exact) mass is 420 g/mol. The summed E-state index contributed by atoms with van der Waals surface area (Å²) >= 11 is 0. The second kappa shape index (κ2) is 9.08. The van der Waals surface area contributed by atoms with Crippen LogP contribution in [0.25, 0.3) is 16.7 Å². The fraction of sp³-hybridized carbons (Fsp3) is 0.480. The van der Waals surface area contributed by atoms with E-state index in [0.29, 0.717) is 11.0 Å². The summed E-state index contributed by atoms with van der Waals surface area (Å²) in [5.74, 6) is -0.110. The van der Waals surface area contributed by atoms with Crippen LogP contribution in [-0.2, 0) is 11.3 Å². The quantitative estimate of drug-likeness (QED) is 0.683. The maximum atomic E-state index is 13.3. The van der Waals surface area contributed by atoms with Gasteiger partial charge in [0.1, 0.15) is 12.9 Å². The number of hydrogen-bond acceptors (Lipinski definition) is 3. The number of aromatic nitrogens is 3. The molecular formula is C25H32N4O2. The first kappa shape index (κ1) is 21.3. The summed E-state index contributed by atoms with van der Waals surface area (Å²) in [4.78, 5) is 30.5. The number of fused-ring (bicyclic) bond motifs is 1. The van der Waals surface area contributed by atoms with Crippen LogP contribution in [0.4, 0.5) is 0 Å². The van der Waals surface area contributed by atoms with E-state index in [4.69, 9.17) is 0 Å². The summed E-state index contributed by atoms with van der Waals surface area (Å²) in [5, 5.41) is 3.72. The fourth-order valence-electron chi connectivity index (χ4n) is 4.64. The lowest BCUT2D eigenvalue weighted by Gasteiger charge is -2.21. The van der Waals surface area contributed by atoms with Crippen molar-refractivity contribution in [2.45, 2.75) is 78.3 Å². The summed E-state index contributed by atoms with van der Waals surface area (Å²) in [5.41, 5.74) is 4.53. The third-order valence-electron chi connectivity index (χ3n) is 6.56. The highest BCUT2D eigenvalue weighted by atomic mass is 16.2. The van der Waals surface area contributed by atoms with Crippen LogP contribution in [0.1, 0.15) is 61.8 Å². The lowest BCUT2D eigenvalue weighted by atomic mass is 9.97. The van der Waals surface area contributed by atoms with E-state index in [-0.39, 0.29) is 24.1 Å². The molecule has 4 rings (SSSR count). The van der Waals surface area contributed by atoms with Gasteiger partial charge in [-0.25, -0.2) is 4.98 Å². The topological polar surface area (TPSA) is 68.9 Å². The molecule has 0 bridgehead atoms. The highest BCUT2D eigenvalue weighted by Gasteiger charge is 2.19. The van der Waals surface area contributed by atoms with Crippen molar-refractivity contribution in [1.82, 2.24) is 19.4 Å². The number of benzene rings is 1. The van der Waals surface area contributed by atoms with Gasteiger partial charge in [0.05, 0.1) is 5.39 Å². The van der Waals surface area contributed by atoms with Crippen molar-refractivity contribution in [3.05, 3.63) is 57.8 Å². The Morgan fingerprint density at radius 1 is 1.03 bits per heavy atom. The minimum atomic E-state index is -0.163. The Kier molecular flexibility index (Phi) is 6.25. The van der Waals surface area contributed by atoms with E-state index in [0.717, 1.165) is 42.6 Å². The number of nitrogens with zero attached hydrogens (tertiary/aromatic N) is 3. The van der Waals surface area contributed by atoms with Gasteiger partial charge in [-0.15, -0.1) is 0 Å². The van der Waals surface area contributed by atoms with Crippen LogP contribution < -0.4 is 10.9 Å². The number of carbonyl (C=O) groups excluding carboxylic acids is 1. The van der Waals surface area contributed by atoms with E-state index >= 15 is 0 Å². The molecule has 6 nitrogen and oxygen atoms in total. The Balaban J connectivity index is 1.61. The van der Waals surface area contributed by atoms with Gasteiger partial charge in [-0.2, -0.15) is 0 Å². The summed E-state index contributed by atoms with van der Waals surface area (Å²) in [6.07, 6.45) is 9.64. The molecule has 1 amide bonds. The van der Waals surface area contributed by atoms with Gasteiger partial charge in [0.25, 0.3) is 5.56 Å². The van der Waals surface area contributed by atoms with Crippen LogP contribution in [0.5, 0.6) is 0 Å². The van der Waals surface area contributed by atoms with Crippen molar-refractivity contribution in [2.24, 2.45) is 0 Å². The maximum Gasteiger partial charge on any atom is 0.263 e. The first-order valence-electron chi connectivity index (χ1n) is 11.4. The van der Waals surface area contributed by atoms with E-state index in [2.05, 4.69) is 22.4 Å². The Labute approximate surface area is 183 Å². The largest absolute Gasteiger partial charge is 0.352 e. The van der Waals surface area contributed by atoms with Crippen LogP contribution in [0.2, 0.25) is 0 Å². The van der Waals surface area contributed by atoms with Crippen LogP contribution in [0, 0.1) is 20.8 Å². The molecule has 164 valence electrons. The van der Waals surface area contributed by atoms with Crippen molar-refractivity contribution < 1.29 is 4.79 Å². The number of amides is 1.